The Morgan fingerprint density at radius 1 is 1.30 bits per heavy atom. The summed E-state index contributed by atoms with van der Waals surface area (Å²) in [5, 5.41) is 8.31. The van der Waals surface area contributed by atoms with Gasteiger partial charge in [-0.25, -0.2) is 0 Å². The molecule has 0 atom stereocenters. The van der Waals surface area contributed by atoms with Crippen LogP contribution in [0.3, 0.4) is 0 Å². The summed E-state index contributed by atoms with van der Waals surface area (Å²) in [4.78, 5) is 14.3. The van der Waals surface area contributed by atoms with Gasteiger partial charge in [-0.15, -0.1) is 0 Å². The van der Waals surface area contributed by atoms with E-state index in [0.29, 0.717) is 33.8 Å². The summed E-state index contributed by atoms with van der Waals surface area (Å²) in [7, 11) is 0. The van der Waals surface area contributed by atoms with E-state index in [-0.39, 0.29) is 11.9 Å². The number of aromatic amines is 1. The van der Waals surface area contributed by atoms with E-state index in [1.807, 2.05) is 11.0 Å². The lowest BCUT2D eigenvalue weighted by Gasteiger charge is -2.31. The third kappa shape index (κ3) is 4.62. The van der Waals surface area contributed by atoms with E-state index in [0.717, 1.165) is 24.2 Å². The molecule has 3 rings (SSSR count). The van der Waals surface area contributed by atoms with Crippen LogP contribution in [0.1, 0.15) is 50.0 Å². The van der Waals surface area contributed by atoms with Crippen LogP contribution in [0.15, 0.2) is 24.3 Å². The number of halogens is 2. The van der Waals surface area contributed by atoms with Crippen molar-refractivity contribution in [2.45, 2.75) is 38.6 Å². The Labute approximate surface area is 174 Å². The van der Waals surface area contributed by atoms with E-state index < -0.39 is 0 Å². The number of carbonyl (C=O) groups excluding carboxylic acids is 1. The normalized spacial score (nSPS) is 15.8. The Kier molecular flexibility index (Phi) is 6.40. The lowest BCUT2D eigenvalue weighted by molar-refractivity contribution is -0.127. The molecule has 2 aromatic rings. The van der Waals surface area contributed by atoms with Gasteiger partial charge in [-0.1, -0.05) is 29.3 Å². The van der Waals surface area contributed by atoms with Gasteiger partial charge in [0.2, 0.25) is 5.91 Å². The summed E-state index contributed by atoms with van der Waals surface area (Å²) in [6.45, 7) is 5.60. The van der Waals surface area contributed by atoms with Crippen LogP contribution >= 0.6 is 35.4 Å². The fourth-order valence-corrected chi connectivity index (χ4v) is 4.01. The Bertz CT molecular complexity index is 911. The van der Waals surface area contributed by atoms with Crippen LogP contribution in [-0.2, 0) is 4.79 Å². The maximum atomic E-state index is 12.5. The molecule has 1 aliphatic rings. The molecular formula is C19H22Cl2N4OS. The number of H-pyrrole nitrogens is 1. The third-order valence-corrected chi connectivity index (χ3v) is 5.81. The van der Waals surface area contributed by atoms with Crippen LogP contribution in [0.5, 0.6) is 0 Å². The molecule has 8 heteroatoms. The van der Waals surface area contributed by atoms with E-state index in [2.05, 4.69) is 28.6 Å². The van der Waals surface area contributed by atoms with Gasteiger partial charge in [0.15, 0.2) is 4.77 Å². The van der Waals surface area contributed by atoms with Crippen LogP contribution in [-0.4, -0.2) is 38.7 Å². The van der Waals surface area contributed by atoms with Crippen molar-refractivity contribution in [3.05, 3.63) is 50.5 Å². The highest BCUT2D eigenvalue weighted by atomic mass is 35.5. The van der Waals surface area contributed by atoms with Crippen molar-refractivity contribution in [3.8, 4) is 0 Å². The predicted molar refractivity (Wildman–Crippen MR) is 112 cm³/mol. The number of amides is 1. The average Bonchev–Trinajstić information content (AvgIpc) is 3.04. The summed E-state index contributed by atoms with van der Waals surface area (Å²) in [6.07, 6.45) is 5.10. The van der Waals surface area contributed by atoms with E-state index in [4.69, 9.17) is 35.4 Å². The van der Waals surface area contributed by atoms with Crippen LogP contribution in [0.2, 0.25) is 10.0 Å². The first-order chi connectivity index (χ1) is 12.9. The number of aromatic nitrogens is 3. The number of benzene rings is 1. The topological polar surface area (TPSA) is 53.9 Å². The number of nitrogens with zero attached hydrogens (tertiary/aromatic N) is 3. The molecule has 1 amide bonds. The van der Waals surface area contributed by atoms with E-state index in [1.165, 1.54) is 0 Å². The van der Waals surface area contributed by atoms with Crippen LogP contribution < -0.4 is 0 Å². The maximum absolute atomic E-state index is 12.5. The van der Waals surface area contributed by atoms with Crippen LogP contribution in [0, 0.1) is 4.77 Å². The van der Waals surface area contributed by atoms with Crippen LogP contribution in [0.4, 0.5) is 0 Å². The Hall–Kier alpha value is -1.63. The summed E-state index contributed by atoms with van der Waals surface area (Å²) in [5.74, 6) is 1.30. The lowest BCUT2D eigenvalue weighted by Crippen LogP contribution is -2.37. The highest BCUT2D eigenvalue weighted by Gasteiger charge is 2.27. The highest BCUT2D eigenvalue weighted by molar-refractivity contribution is 7.71. The number of piperidine rings is 1. The van der Waals surface area contributed by atoms with Crippen molar-refractivity contribution < 1.29 is 4.79 Å². The maximum Gasteiger partial charge on any atom is 0.246 e. The molecule has 2 heterocycles. The summed E-state index contributed by atoms with van der Waals surface area (Å²) >= 11 is 17.3. The molecule has 1 aromatic heterocycles. The molecule has 0 unspecified atom stereocenters. The van der Waals surface area contributed by atoms with Gasteiger partial charge in [-0.05, 0) is 62.7 Å². The van der Waals surface area contributed by atoms with Crippen molar-refractivity contribution >= 4 is 47.4 Å². The molecule has 1 aliphatic heterocycles. The van der Waals surface area contributed by atoms with E-state index in [9.17, 15) is 4.79 Å². The molecular weight excluding hydrogens is 403 g/mol. The second-order valence-electron chi connectivity index (χ2n) is 6.96. The second kappa shape index (κ2) is 8.59. The molecule has 0 aliphatic carbocycles. The van der Waals surface area contributed by atoms with Gasteiger partial charge in [-0.2, -0.15) is 5.10 Å². The minimum absolute atomic E-state index is 0.00208. The number of carbonyl (C=O) groups is 1. The largest absolute Gasteiger partial charge is 0.339 e. The number of rotatable bonds is 4. The van der Waals surface area contributed by atoms with Gasteiger partial charge in [0, 0.05) is 31.1 Å². The highest BCUT2D eigenvalue weighted by Crippen LogP contribution is 2.29. The smallest absolute Gasteiger partial charge is 0.246 e. The van der Waals surface area contributed by atoms with Gasteiger partial charge in [-0.3, -0.25) is 9.89 Å². The Morgan fingerprint density at radius 3 is 2.63 bits per heavy atom. The summed E-state index contributed by atoms with van der Waals surface area (Å²) in [5.41, 5.74) is 0.847. The molecule has 27 heavy (non-hydrogen) atoms. The number of nitrogens with one attached hydrogen (secondary N) is 1. The quantitative estimate of drug-likeness (QED) is 0.538. The van der Waals surface area contributed by atoms with E-state index >= 15 is 0 Å². The van der Waals surface area contributed by atoms with Gasteiger partial charge >= 0.3 is 0 Å². The molecule has 5 nitrogen and oxygen atoms in total. The Morgan fingerprint density at radius 2 is 2.00 bits per heavy atom. The minimum atomic E-state index is 0.00208. The zero-order valence-corrected chi connectivity index (χ0v) is 17.6. The molecule has 144 valence electrons. The molecule has 1 N–H and O–H groups in total. The van der Waals surface area contributed by atoms with Crippen molar-refractivity contribution in [2.24, 2.45) is 0 Å². The SMILES string of the molecule is CC(C)n1c(C2CCN(C(=O)/C=C/c3ccc(Cl)c(Cl)c3)CC2)n[nH]c1=S. The molecule has 0 bridgehead atoms. The average molecular weight is 425 g/mol. The van der Waals surface area contributed by atoms with Gasteiger partial charge in [0.05, 0.1) is 10.0 Å². The first-order valence-electron chi connectivity index (χ1n) is 8.95. The number of hydrogen-bond donors (Lipinski definition) is 1. The van der Waals surface area contributed by atoms with Crippen molar-refractivity contribution in [2.75, 3.05) is 13.1 Å². The van der Waals surface area contributed by atoms with Gasteiger partial charge in [0.25, 0.3) is 0 Å². The summed E-state index contributed by atoms with van der Waals surface area (Å²) < 4.78 is 2.73. The zero-order valence-electron chi connectivity index (χ0n) is 15.3. The lowest BCUT2D eigenvalue weighted by atomic mass is 9.95. The van der Waals surface area contributed by atoms with Crippen molar-refractivity contribution in [3.63, 3.8) is 0 Å². The van der Waals surface area contributed by atoms with Crippen LogP contribution in [0.25, 0.3) is 6.08 Å². The fourth-order valence-electron chi connectivity index (χ4n) is 3.35. The molecule has 0 saturated carbocycles. The molecule has 1 fully saturated rings. The van der Waals surface area contributed by atoms with Gasteiger partial charge in [0.1, 0.15) is 5.82 Å². The molecule has 0 spiro atoms. The monoisotopic (exact) mass is 424 g/mol. The van der Waals surface area contributed by atoms with Crippen molar-refractivity contribution in [1.82, 2.24) is 19.7 Å². The number of hydrogen-bond acceptors (Lipinski definition) is 3. The first kappa shape index (κ1) is 20.1. The molecule has 1 aromatic carbocycles. The molecule has 0 radical (unpaired) electrons. The third-order valence-electron chi connectivity index (χ3n) is 4.78. The Balaban J connectivity index is 1.62. The fraction of sp³-hybridized carbons (Fsp3) is 0.421. The van der Waals surface area contributed by atoms with Crippen molar-refractivity contribution in [1.29, 1.82) is 0 Å². The predicted octanol–water partition coefficient (Wildman–Crippen LogP) is 5.25. The van der Waals surface area contributed by atoms with E-state index in [1.54, 1.807) is 24.3 Å². The number of likely N-dealkylation sites (tertiary alicyclic amines) is 1. The minimum Gasteiger partial charge on any atom is -0.339 e. The summed E-state index contributed by atoms with van der Waals surface area (Å²) in [6, 6.07) is 5.56. The standard InChI is InChI=1S/C19H22Cl2N4OS/c1-12(2)25-18(22-23-19(25)27)14-7-9-24(10-8-14)17(26)6-4-13-3-5-15(20)16(21)11-13/h3-6,11-12,14H,7-10H2,1-2H3,(H,23,27)/b6-4+. The van der Waals surface area contributed by atoms with Gasteiger partial charge < -0.3 is 9.47 Å². The zero-order chi connectivity index (χ0) is 19.6. The first-order valence-corrected chi connectivity index (χ1v) is 10.1. The molecule has 1 saturated heterocycles. The second-order valence-corrected chi connectivity index (χ2v) is 8.16.